The van der Waals surface area contributed by atoms with Crippen LogP contribution in [0.1, 0.15) is 48.5 Å². The first-order valence-electron chi connectivity index (χ1n) is 7.30. The zero-order valence-corrected chi connectivity index (χ0v) is 12.2. The second-order valence-corrected chi connectivity index (χ2v) is 5.52. The summed E-state index contributed by atoms with van der Waals surface area (Å²) in [4.78, 5) is 12.3. The highest BCUT2D eigenvalue weighted by molar-refractivity contribution is 5.96. The highest BCUT2D eigenvalue weighted by Gasteiger charge is 2.24. The Labute approximate surface area is 124 Å². The van der Waals surface area contributed by atoms with E-state index < -0.39 is 5.82 Å². The fourth-order valence-electron chi connectivity index (χ4n) is 2.24. The van der Waals surface area contributed by atoms with Gasteiger partial charge in [0, 0.05) is 18.0 Å². The van der Waals surface area contributed by atoms with Crippen molar-refractivity contribution < 1.29 is 14.3 Å². The fourth-order valence-corrected chi connectivity index (χ4v) is 2.24. The van der Waals surface area contributed by atoms with Gasteiger partial charge in [-0.1, -0.05) is 24.7 Å². The minimum Gasteiger partial charge on any atom is -0.395 e. The Hall–Kier alpha value is -1.86. The topological polar surface area (TPSA) is 49.3 Å². The average Bonchev–Trinajstić information content (AvgIpc) is 3.24. The third-order valence-electron chi connectivity index (χ3n) is 3.45. The van der Waals surface area contributed by atoms with Gasteiger partial charge in [0.05, 0.1) is 12.2 Å². The van der Waals surface area contributed by atoms with Crippen LogP contribution >= 0.6 is 0 Å². The van der Waals surface area contributed by atoms with Crippen molar-refractivity contribution in [1.29, 1.82) is 0 Å². The molecule has 0 radical (unpaired) electrons. The molecule has 0 saturated heterocycles. The normalized spacial score (nSPS) is 15.0. The molecule has 0 heterocycles. The van der Waals surface area contributed by atoms with Crippen LogP contribution in [-0.2, 0) is 0 Å². The molecule has 1 aliphatic carbocycles. The van der Waals surface area contributed by atoms with Gasteiger partial charge in [0.1, 0.15) is 5.82 Å². The van der Waals surface area contributed by atoms with Gasteiger partial charge in [-0.2, -0.15) is 0 Å². The van der Waals surface area contributed by atoms with Crippen LogP contribution in [0, 0.1) is 23.6 Å². The number of hydrogen-bond donors (Lipinski definition) is 2. The predicted molar refractivity (Wildman–Crippen MR) is 79.3 cm³/mol. The molecule has 0 aromatic heterocycles. The summed E-state index contributed by atoms with van der Waals surface area (Å²) in [7, 11) is 0. The third kappa shape index (κ3) is 4.87. The van der Waals surface area contributed by atoms with Crippen molar-refractivity contribution in [2.24, 2.45) is 5.92 Å². The molecule has 0 bridgehead atoms. The summed E-state index contributed by atoms with van der Waals surface area (Å²) in [6, 6.07) is 4.07. The lowest BCUT2D eigenvalue weighted by Gasteiger charge is -2.14. The highest BCUT2D eigenvalue weighted by atomic mass is 19.1. The Balaban J connectivity index is 2.10. The minimum absolute atomic E-state index is 0.0336. The lowest BCUT2D eigenvalue weighted by Crippen LogP contribution is -2.33. The fraction of sp³-hybridized carbons (Fsp3) is 0.471. The summed E-state index contributed by atoms with van der Waals surface area (Å²) < 4.78 is 13.4. The monoisotopic (exact) mass is 289 g/mol. The molecule has 112 valence electrons. The van der Waals surface area contributed by atoms with Gasteiger partial charge in [-0.05, 0) is 37.5 Å². The van der Waals surface area contributed by atoms with Gasteiger partial charge in [-0.3, -0.25) is 4.79 Å². The molecule has 1 aliphatic rings. The zero-order chi connectivity index (χ0) is 15.2. The molecule has 1 fully saturated rings. The molecule has 1 aromatic rings. The van der Waals surface area contributed by atoms with Gasteiger partial charge in [-0.15, -0.1) is 0 Å². The number of amides is 1. The molecule has 0 aliphatic heterocycles. The van der Waals surface area contributed by atoms with Crippen molar-refractivity contribution in [3.63, 3.8) is 0 Å². The molecule has 3 nitrogen and oxygen atoms in total. The maximum absolute atomic E-state index is 13.4. The van der Waals surface area contributed by atoms with E-state index in [9.17, 15) is 9.18 Å². The van der Waals surface area contributed by atoms with Crippen LogP contribution in [0.2, 0.25) is 0 Å². The maximum atomic E-state index is 13.4. The van der Waals surface area contributed by atoms with Crippen molar-refractivity contribution >= 4 is 5.91 Å². The summed E-state index contributed by atoms with van der Waals surface area (Å²) in [5.74, 6) is 5.54. The molecule has 1 atom stereocenters. The van der Waals surface area contributed by atoms with Gasteiger partial charge in [-0.25, -0.2) is 4.39 Å². The molecule has 1 saturated carbocycles. The number of carbonyl (C=O) groups is 1. The van der Waals surface area contributed by atoms with E-state index in [-0.39, 0.29) is 24.1 Å². The Bertz CT molecular complexity index is 570. The Morgan fingerprint density at radius 1 is 1.52 bits per heavy atom. The van der Waals surface area contributed by atoms with E-state index in [4.69, 9.17) is 5.11 Å². The molecule has 4 heteroatoms. The van der Waals surface area contributed by atoms with Gasteiger partial charge >= 0.3 is 0 Å². The van der Waals surface area contributed by atoms with Gasteiger partial charge in [0.15, 0.2) is 0 Å². The van der Waals surface area contributed by atoms with Crippen LogP contribution in [0.25, 0.3) is 0 Å². The van der Waals surface area contributed by atoms with Crippen LogP contribution in [0.5, 0.6) is 0 Å². The highest BCUT2D eigenvalue weighted by Crippen LogP contribution is 2.33. The number of nitrogens with one attached hydrogen (secondary N) is 1. The molecule has 2 N–H and O–H groups in total. The molecule has 1 unspecified atom stereocenters. The third-order valence-corrected chi connectivity index (χ3v) is 3.45. The number of benzene rings is 1. The number of aliphatic hydroxyl groups excluding tert-OH is 1. The van der Waals surface area contributed by atoms with Crippen LogP contribution in [0.15, 0.2) is 18.2 Å². The summed E-state index contributed by atoms with van der Waals surface area (Å²) in [5, 5.41) is 11.6. The summed E-state index contributed by atoms with van der Waals surface area (Å²) in [6.07, 6.45) is 3.76. The van der Waals surface area contributed by atoms with Crippen molar-refractivity contribution in [2.45, 2.75) is 38.6 Å². The molecule has 0 spiro atoms. The number of carbonyl (C=O) groups excluding carboxylic acids is 1. The molecule has 2 rings (SSSR count). The van der Waals surface area contributed by atoms with Crippen LogP contribution in [0.4, 0.5) is 4.39 Å². The number of aliphatic hydroxyl groups is 1. The maximum Gasteiger partial charge on any atom is 0.252 e. The summed E-state index contributed by atoms with van der Waals surface area (Å²) in [6.45, 7) is 1.93. The Kier molecular flexibility index (Phi) is 5.35. The smallest absolute Gasteiger partial charge is 0.252 e. The van der Waals surface area contributed by atoms with Crippen molar-refractivity contribution in [1.82, 2.24) is 5.32 Å². The lowest BCUT2D eigenvalue weighted by atomic mass is 10.1. The largest absolute Gasteiger partial charge is 0.395 e. The number of hydrogen-bond acceptors (Lipinski definition) is 2. The van der Waals surface area contributed by atoms with Gasteiger partial charge in [0.25, 0.3) is 5.91 Å². The van der Waals surface area contributed by atoms with Crippen LogP contribution in [0.3, 0.4) is 0 Å². The van der Waals surface area contributed by atoms with E-state index in [0.717, 1.165) is 12.3 Å². The first-order valence-corrected chi connectivity index (χ1v) is 7.30. The zero-order valence-electron chi connectivity index (χ0n) is 12.2. The molecular formula is C17H20FNO2. The minimum atomic E-state index is -0.456. The van der Waals surface area contributed by atoms with E-state index in [2.05, 4.69) is 17.2 Å². The van der Waals surface area contributed by atoms with Crippen molar-refractivity contribution in [3.8, 4) is 11.8 Å². The van der Waals surface area contributed by atoms with E-state index >= 15 is 0 Å². The first kappa shape index (κ1) is 15.5. The first-order chi connectivity index (χ1) is 10.1. The van der Waals surface area contributed by atoms with Gasteiger partial charge in [0.2, 0.25) is 0 Å². The molecule has 1 amide bonds. The molecule has 21 heavy (non-hydrogen) atoms. The molecule has 1 aromatic carbocycles. The second-order valence-electron chi connectivity index (χ2n) is 5.52. The van der Waals surface area contributed by atoms with E-state index in [0.29, 0.717) is 12.0 Å². The SMILES string of the molecule is CC(CC1CC1)NC(=O)c1cc(F)ccc1C#CCCO. The Morgan fingerprint density at radius 2 is 2.29 bits per heavy atom. The summed E-state index contributed by atoms with van der Waals surface area (Å²) >= 11 is 0. The Morgan fingerprint density at radius 3 is 2.95 bits per heavy atom. The predicted octanol–water partition coefficient (Wildman–Crippen LogP) is 2.48. The number of halogens is 1. The van der Waals surface area contributed by atoms with E-state index in [1.165, 1.54) is 31.0 Å². The van der Waals surface area contributed by atoms with E-state index in [1.54, 1.807) is 0 Å². The number of rotatable bonds is 5. The summed E-state index contributed by atoms with van der Waals surface area (Å²) in [5.41, 5.74) is 0.740. The quantitative estimate of drug-likeness (QED) is 0.818. The molecular weight excluding hydrogens is 269 g/mol. The van der Waals surface area contributed by atoms with Crippen LogP contribution in [-0.4, -0.2) is 23.7 Å². The average molecular weight is 289 g/mol. The lowest BCUT2D eigenvalue weighted by molar-refractivity contribution is 0.0936. The second kappa shape index (κ2) is 7.24. The van der Waals surface area contributed by atoms with E-state index in [1.807, 2.05) is 6.92 Å². The standard InChI is InChI=1S/C17H20FNO2/c1-12(10-13-5-6-13)19-17(21)16-11-15(18)8-7-14(16)4-2-3-9-20/h7-8,11-13,20H,3,5-6,9-10H2,1H3,(H,19,21). The van der Waals surface area contributed by atoms with Crippen molar-refractivity contribution in [2.75, 3.05) is 6.61 Å². The van der Waals surface area contributed by atoms with Gasteiger partial charge < -0.3 is 10.4 Å². The van der Waals surface area contributed by atoms with Crippen molar-refractivity contribution in [3.05, 3.63) is 35.1 Å². The van der Waals surface area contributed by atoms with Crippen LogP contribution < -0.4 is 5.32 Å².